The summed E-state index contributed by atoms with van der Waals surface area (Å²) in [5.74, 6) is -11.4. The lowest BCUT2D eigenvalue weighted by Crippen LogP contribution is -2.28. The Bertz CT molecular complexity index is 688. The van der Waals surface area contributed by atoms with Gasteiger partial charge in [-0.2, -0.15) is 0 Å². The van der Waals surface area contributed by atoms with Crippen LogP contribution in [0.5, 0.6) is 0 Å². The maximum atomic E-state index is 13.3. The molecular formula is C8H2F5N3O2. The number of aromatic amines is 2. The number of nitrogens with one attached hydrogen (secondary N) is 2. The SMILES string of the molecule is O=c1[nH][nH]c(=O)n1-c1c(F)c(F)c(F)c(F)c1F. The smallest absolute Gasteiger partial charge is 0.247 e. The number of benzene rings is 1. The molecule has 0 unspecified atom stereocenters. The Labute approximate surface area is 93.5 Å². The summed E-state index contributed by atoms with van der Waals surface area (Å²) in [6.45, 7) is 0. The summed E-state index contributed by atoms with van der Waals surface area (Å²) in [7, 11) is 0. The quantitative estimate of drug-likeness (QED) is 0.450. The van der Waals surface area contributed by atoms with Crippen LogP contribution in [-0.2, 0) is 0 Å². The lowest BCUT2D eigenvalue weighted by Gasteiger charge is -2.06. The zero-order valence-electron chi connectivity index (χ0n) is 8.15. The number of hydrogen-bond donors (Lipinski definition) is 2. The number of halogens is 5. The van der Waals surface area contributed by atoms with Gasteiger partial charge in [0.05, 0.1) is 0 Å². The molecule has 18 heavy (non-hydrogen) atoms. The van der Waals surface area contributed by atoms with Crippen LogP contribution in [0.4, 0.5) is 22.0 Å². The van der Waals surface area contributed by atoms with E-state index < -0.39 is 46.2 Å². The molecule has 0 saturated carbocycles. The third-order valence-corrected chi connectivity index (χ3v) is 2.09. The van der Waals surface area contributed by atoms with Crippen molar-refractivity contribution in [3.05, 3.63) is 50.1 Å². The third kappa shape index (κ3) is 1.45. The Morgan fingerprint density at radius 3 is 1.39 bits per heavy atom. The molecule has 2 aromatic rings. The van der Waals surface area contributed by atoms with Gasteiger partial charge in [-0.15, -0.1) is 0 Å². The predicted octanol–water partition coefficient (Wildman–Crippen LogP) is 0.549. The van der Waals surface area contributed by atoms with E-state index >= 15 is 0 Å². The molecule has 5 nitrogen and oxygen atoms in total. The molecule has 0 atom stereocenters. The first-order valence-corrected chi connectivity index (χ1v) is 4.27. The summed E-state index contributed by atoms with van der Waals surface area (Å²) in [6, 6.07) is 0. The topological polar surface area (TPSA) is 70.7 Å². The first-order valence-electron chi connectivity index (χ1n) is 4.27. The van der Waals surface area contributed by atoms with Crippen LogP contribution in [0.1, 0.15) is 0 Å². The average molecular weight is 267 g/mol. The summed E-state index contributed by atoms with van der Waals surface area (Å²) >= 11 is 0. The molecule has 96 valence electrons. The van der Waals surface area contributed by atoms with Gasteiger partial charge in [0.25, 0.3) is 0 Å². The predicted molar refractivity (Wildman–Crippen MR) is 46.8 cm³/mol. The number of rotatable bonds is 1. The van der Waals surface area contributed by atoms with Gasteiger partial charge in [-0.25, -0.2) is 46.3 Å². The van der Waals surface area contributed by atoms with Crippen molar-refractivity contribution in [2.24, 2.45) is 0 Å². The van der Waals surface area contributed by atoms with E-state index in [-0.39, 0.29) is 4.57 Å². The normalized spacial score (nSPS) is 10.9. The van der Waals surface area contributed by atoms with Crippen LogP contribution in [-0.4, -0.2) is 14.8 Å². The van der Waals surface area contributed by atoms with Gasteiger partial charge in [-0.05, 0) is 0 Å². The van der Waals surface area contributed by atoms with Gasteiger partial charge >= 0.3 is 11.4 Å². The van der Waals surface area contributed by atoms with Crippen molar-refractivity contribution in [1.29, 1.82) is 0 Å². The summed E-state index contributed by atoms with van der Waals surface area (Å²) < 4.78 is 64.8. The van der Waals surface area contributed by atoms with Crippen molar-refractivity contribution < 1.29 is 22.0 Å². The average Bonchev–Trinajstić information content (AvgIpc) is 2.66. The molecule has 0 fully saturated rings. The molecule has 0 amide bonds. The zero-order valence-corrected chi connectivity index (χ0v) is 8.15. The summed E-state index contributed by atoms with van der Waals surface area (Å²) in [5, 5.41) is 3.28. The van der Waals surface area contributed by atoms with E-state index in [1.165, 1.54) is 0 Å². The molecule has 0 aliphatic heterocycles. The number of hydrogen-bond acceptors (Lipinski definition) is 2. The molecule has 2 rings (SSSR count). The van der Waals surface area contributed by atoms with Crippen molar-refractivity contribution in [1.82, 2.24) is 14.8 Å². The van der Waals surface area contributed by atoms with Crippen molar-refractivity contribution >= 4 is 0 Å². The second kappa shape index (κ2) is 3.82. The monoisotopic (exact) mass is 267 g/mol. The summed E-state index contributed by atoms with van der Waals surface area (Å²) in [6.07, 6.45) is 0. The second-order valence-corrected chi connectivity index (χ2v) is 3.11. The molecule has 1 heterocycles. The van der Waals surface area contributed by atoms with Gasteiger partial charge in [0.1, 0.15) is 5.69 Å². The Morgan fingerprint density at radius 1 is 0.667 bits per heavy atom. The highest BCUT2D eigenvalue weighted by molar-refractivity contribution is 5.37. The highest BCUT2D eigenvalue weighted by Crippen LogP contribution is 2.24. The molecule has 0 bridgehead atoms. The highest BCUT2D eigenvalue weighted by atomic mass is 19.2. The second-order valence-electron chi connectivity index (χ2n) is 3.11. The van der Waals surface area contributed by atoms with E-state index in [2.05, 4.69) is 0 Å². The summed E-state index contributed by atoms with van der Waals surface area (Å²) in [4.78, 5) is 22.1. The van der Waals surface area contributed by atoms with Gasteiger partial charge in [0, 0.05) is 0 Å². The van der Waals surface area contributed by atoms with Crippen molar-refractivity contribution in [3.63, 3.8) is 0 Å². The summed E-state index contributed by atoms with van der Waals surface area (Å²) in [5.41, 5.74) is -4.38. The van der Waals surface area contributed by atoms with Crippen molar-refractivity contribution in [2.75, 3.05) is 0 Å². The third-order valence-electron chi connectivity index (χ3n) is 2.09. The largest absolute Gasteiger partial charge is 0.349 e. The lowest BCUT2D eigenvalue weighted by atomic mass is 10.2. The van der Waals surface area contributed by atoms with Crippen LogP contribution in [0.15, 0.2) is 9.59 Å². The molecule has 0 aliphatic carbocycles. The van der Waals surface area contributed by atoms with E-state index in [1.807, 2.05) is 0 Å². The van der Waals surface area contributed by atoms with Gasteiger partial charge in [0.15, 0.2) is 23.3 Å². The molecule has 0 radical (unpaired) electrons. The van der Waals surface area contributed by atoms with E-state index in [4.69, 9.17) is 0 Å². The van der Waals surface area contributed by atoms with Gasteiger partial charge in [0.2, 0.25) is 5.82 Å². The van der Waals surface area contributed by atoms with Gasteiger partial charge < -0.3 is 0 Å². The minimum absolute atomic E-state index is 0.240. The maximum absolute atomic E-state index is 13.3. The Kier molecular flexibility index (Phi) is 2.56. The Balaban J connectivity index is 2.98. The first kappa shape index (κ1) is 12.1. The number of aromatic nitrogens is 3. The Morgan fingerprint density at radius 2 is 1.00 bits per heavy atom. The number of H-pyrrole nitrogens is 2. The fraction of sp³-hybridized carbons (Fsp3) is 0. The van der Waals surface area contributed by atoms with Crippen LogP contribution in [0.25, 0.3) is 5.69 Å². The molecule has 2 N–H and O–H groups in total. The van der Waals surface area contributed by atoms with Crippen molar-refractivity contribution in [3.8, 4) is 5.69 Å². The standard InChI is InChI=1S/C8H2F5N3O2/c9-1-2(10)4(12)6(5(13)3(1)11)16-7(17)14-15-8(16)18/h(H,14,17)(H,15,18). The molecule has 1 aromatic carbocycles. The highest BCUT2D eigenvalue weighted by Gasteiger charge is 2.28. The van der Waals surface area contributed by atoms with E-state index in [9.17, 15) is 31.5 Å². The zero-order chi connectivity index (χ0) is 13.6. The fourth-order valence-corrected chi connectivity index (χ4v) is 1.30. The lowest BCUT2D eigenvalue weighted by molar-refractivity contribution is 0.374. The van der Waals surface area contributed by atoms with Crippen LogP contribution < -0.4 is 11.4 Å². The molecule has 0 aliphatic rings. The van der Waals surface area contributed by atoms with Crippen molar-refractivity contribution in [2.45, 2.75) is 0 Å². The van der Waals surface area contributed by atoms with E-state index in [0.29, 0.717) is 0 Å². The molecule has 1 aromatic heterocycles. The van der Waals surface area contributed by atoms with Crippen LogP contribution >= 0.6 is 0 Å². The van der Waals surface area contributed by atoms with Gasteiger partial charge in [-0.3, -0.25) is 0 Å². The Hall–Kier alpha value is -2.39. The molecule has 10 heteroatoms. The molecule has 0 saturated heterocycles. The first-order chi connectivity index (χ1) is 8.36. The van der Waals surface area contributed by atoms with Crippen LogP contribution in [0.3, 0.4) is 0 Å². The van der Waals surface area contributed by atoms with E-state index in [0.717, 1.165) is 0 Å². The maximum Gasteiger partial charge on any atom is 0.349 e. The van der Waals surface area contributed by atoms with Crippen LogP contribution in [0.2, 0.25) is 0 Å². The number of nitrogens with zero attached hydrogens (tertiary/aromatic N) is 1. The van der Waals surface area contributed by atoms with Gasteiger partial charge in [-0.1, -0.05) is 0 Å². The minimum Gasteiger partial charge on any atom is -0.247 e. The minimum atomic E-state index is -2.38. The fourth-order valence-electron chi connectivity index (χ4n) is 1.30. The molecular weight excluding hydrogens is 265 g/mol. The van der Waals surface area contributed by atoms with Crippen LogP contribution in [0, 0.1) is 29.1 Å². The molecule has 0 spiro atoms. The van der Waals surface area contributed by atoms with E-state index in [1.54, 1.807) is 10.2 Å².